The van der Waals surface area contributed by atoms with Crippen LogP contribution in [0.3, 0.4) is 0 Å². The van der Waals surface area contributed by atoms with Gasteiger partial charge in [-0.15, -0.1) is 10.2 Å². The van der Waals surface area contributed by atoms with E-state index in [4.69, 9.17) is 0 Å². The summed E-state index contributed by atoms with van der Waals surface area (Å²) in [5, 5.41) is 14.6. The first-order chi connectivity index (χ1) is 13.9. The van der Waals surface area contributed by atoms with E-state index >= 15 is 0 Å². The van der Waals surface area contributed by atoms with E-state index in [2.05, 4.69) is 20.8 Å². The molecule has 0 atom stereocenters. The summed E-state index contributed by atoms with van der Waals surface area (Å²) in [5.41, 5.74) is 3.41. The Bertz CT molecular complexity index is 1030. The number of hydrogen-bond donors (Lipinski definition) is 2. The first-order valence-electron chi connectivity index (χ1n) is 9.15. The molecule has 0 saturated carbocycles. The summed E-state index contributed by atoms with van der Waals surface area (Å²) in [6, 6.07) is 15.1. The number of anilines is 1. The molecule has 29 heavy (non-hydrogen) atoms. The summed E-state index contributed by atoms with van der Waals surface area (Å²) in [7, 11) is 1.82. The summed E-state index contributed by atoms with van der Waals surface area (Å²) >= 11 is 1.30. The first-order valence-corrected chi connectivity index (χ1v) is 10.1. The van der Waals surface area contributed by atoms with Gasteiger partial charge >= 0.3 is 0 Å². The average Bonchev–Trinajstić information content (AvgIpc) is 3.04. The normalized spacial score (nSPS) is 10.6. The number of aryl methyl sites for hydroxylation is 2. The Hall–Kier alpha value is -3.13. The van der Waals surface area contributed by atoms with E-state index in [0.29, 0.717) is 16.5 Å². The summed E-state index contributed by atoms with van der Waals surface area (Å²) in [6.45, 7) is 4.13. The van der Waals surface area contributed by atoms with Crippen LogP contribution in [0.15, 0.2) is 53.7 Å². The monoisotopic (exact) mass is 409 g/mol. The molecular formula is C21H23N5O2S. The summed E-state index contributed by atoms with van der Waals surface area (Å²) in [5.74, 6) is 0.569. The predicted molar refractivity (Wildman–Crippen MR) is 114 cm³/mol. The highest BCUT2D eigenvalue weighted by Crippen LogP contribution is 2.17. The fourth-order valence-corrected chi connectivity index (χ4v) is 3.49. The molecule has 2 N–H and O–H groups in total. The molecule has 0 saturated heterocycles. The number of nitrogens with one attached hydrogen (secondary N) is 2. The molecule has 0 aliphatic heterocycles. The maximum absolute atomic E-state index is 12.3. The molecule has 0 fully saturated rings. The molecule has 2 amide bonds. The number of amides is 2. The SMILES string of the molecule is Cc1cccc(NC(=O)CSc2nnc(CNC(=O)c3ccccc3C)n2C)c1. The molecule has 0 radical (unpaired) electrons. The van der Waals surface area contributed by atoms with Crippen LogP contribution in [0.25, 0.3) is 0 Å². The number of rotatable bonds is 7. The summed E-state index contributed by atoms with van der Waals surface area (Å²) in [6.07, 6.45) is 0. The van der Waals surface area contributed by atoms with Gasteiger partial charge in [0, 0.05) is 18.3 Å². The van der Waals surface area contributed by atoms with E-state index in [9.17, 15) is 9.59 Å². The predicted octanol–water partition coefficient (Wildman–Crippen LogP) is 3.09. The minimum Gasteiger partial charge on any atom is -0.345 e. The van der Waals surface area contributed by atoms with Gasteiger partial charge < -0.3 is 15.2 Å². The van der Waals surface area contributed by atoms with Crippen LogP contribution in [0.1, 0.15) is 27.3 Å². The molecule has 0 bridgehead atoms. The zero-order valence-corrected chi connectivity index (χ0v) is 17.4. The molecule has 150 valence electrons. The second kappa shape index (κ2) is 9.38. The third-order valence-corrected chi connectivity index (χ3v) is 5.38. The average molecular weight is 410 g/mol. The van der Waals surface area contributed by atoms with Gasteiger partial charge in [-0.1, -0.05) is 42.1 Å². The Morgan fingerprint density at radius 2 is 1.86 bits per heavy atom. The Kier molecular flexibility index (Phi) is 6.66. The number of carbonyl (C=O) groups excluding carboxylic acids is 2. The highest BCUT2D eigenvalue weighted by Gasteiger charge is 2.14. The zero-order chi connectivity index (χ0) is 20.8. The van der Waals surface area contributed by atoms with Crippen molar-refractivity contribution >= 4 is 29.3 Å². The third kappa shape index (κ3) is 5.45. The fraction of sp³-hybridized carbons (Fsp3) is 0.238. The van der Waals surface area contributed by atoms with Crippen molar-refractivity contribution in [3.05, 3.63) is 71.0 Å². The lowest BCUT2D eigenvalue weighted by molar-refractivity contribution is -0.113. The number of aromatic nitrogens is 3. The standard InChI is InChI=1S/C21H23N5O2S/c1-14-7-6-9-16(11-14)23-19(27)13-29-21-25-24-18(26(21)3)12-22-20(28)17-10-5-4-8-15(17)2/h4-11H,12-13H2,1-3H3,(H,22,28)(H,23,27). The van der Waals surface area contributed by atoms with Crippen LogP contribution in [0.2, 0.25) is 0 Å². The van der Waals surface area contributed by atoms with E-state index < -0.39 is 0 Å². The Labute approximate surface area is 173 Å². The van der Waals surface area contributed by atoms with Crippen molar-refractivity contribution in [2.75, 3.05) is 11.1 Å². The van der Waals surface area contributed by atoms with E-state index in [1.807, 2.05) is 63.4 Å². The van der Waals surface area contributed by atoms with Gasteiger partial charge in [-0.25, -0.2) is 0 Å². The van der Waals surface area contributed by atoms with Crippen molar-refractivity contribution in [2.45, 2.75) is 25.5 Å². The van der Waals surface area contributed by atoms with Gasteiger partial charge in [-0.2, -0.15) is 0 Å². The third-order valence-electron chi connectivity index (χ3n) is 4.36. The van der Waals surface area contributed by atoms with Crippen molar-refractivity contribution in [3.63, 3.8) is 0 Å². The molecule has 1 aromatic heterocycles. The highest BCUT2D eigenvalue weighted by molar-refractivity contribution is 7.99. The highest BCUT2D eigenvalue weighted by atomic mass is 32.2. The van der Waals surface area contributed by atoms with Crippen molar-refractivity contribution in [2.24, 2.45) is 7.05 Å². The van der Waals surface area contributed by atoms with Crippen LogP contribution in [-0.2, 0) is 18.4 Å². The van der Waals surface area contributed by atoms with Crippen LogP contribution >= 0.6 is 11.8 Å². The smallest absolute Gasteiger partial charge is 0.251 e. The number of carbonyl (C=O) groups is 2. The van der Waals surface area contributed by atoms with Crippen molar-refractivity contribution in [1.29, 1.82) is 0 Å². The maximum Gasteiger partial charge on any atom is 0.251 e. The van der Waals surface area contributed by atoms with Crippen LogP contribution in [0, 0.1) is 13.8 Å². The lowest BCUT2D eigenvalue weighted by atomic mass is 10.1. The van der Waals surface area contributed by atoms with Gasteiger partial charge in [0.15, 0.2) is 11.0 Å². The van der Waals surface area contributed by atoms with Gasteiger partial charge in [0.1, 0.15) is 0 Å². The van der Waals surface area contributed by atoms with Crippen LogP contribution < -0.4 is 10.6 Å². The van der Waals surface area contributed by atoms with Gasteiger partial charge in [-0.3, -0.25) is 9.59 Å². The number of hydrogen-bond acceptors (Lipinski definition) is 5. The molecule has 0 unspecified atom stereocenters. The van der Waals surface area contributed by atoms with E-state index in [-0.39, 0.29) is 24.1 Å². The summed E-state index contributed by atoms with van der Waals surface area (Å²) < 4.78 is 1.78. The second-order valence-electron chi connectivity index (χ2n) is 6.66. The van der Waals surface area contributed by atoms with Crippen molar-refractivity contribution in [3.8, 4) is 0 Å². The lowest BCUT2D eigenvalue weighted by Gasteiger charge is -2.08. The van der Waals surface area contributed by atoms with Crippen molar-refractivity contribution in [1.82, 2.24) is 20.1 Å². The minimum atomic E-state index is -0.155. The Morgan fingerprint density at radius 1 is 1.07 bits per heavy atom. The van der Waals surface area contributed by atoms with Gasteiger partial charge in [0.2, 0.25) is 5.91 Å². The second-order valence-corrected chi connectivity index (χ2v) is 7.60. The van der Waals surface area contributed by atoms with Gasteiger partial charge in [0.05, 0.1) is 12.3 Å². The maximum atomic E-state index is 12.3. The van der Waals surface area contributed by atoms with E-state index in [1.165, 1.54) is 11.8 Å². The minimum absolute atomic E-state index is 0.113. The number of thioether (sulfide) groups is 1. The number of nitrogens with zero attached hydrogens (tertiary/aromatic N) is 3. The van der Waals surface area contributed by atoms with Crippen LogP contribution in [-0.4, -0.2) is 32.3 Å². The Balaban J connectivity index is 1.53. The van der Waals surface area contributed by atoms with Crippen LogP contribution in [0.5, 0.6) is 0 Å². The Morgan fingerprint density at radius 3 is 2.62 bits per heavy atom. The molecule has 3 aromatic rings. The molecule has 8 heteroatoms. The molecular weight excluding hydrogens is 386 g/mol. The molecule has 3 rings (SSSR count). The molecule has 0 aliphatic rings. The zero-order valence-electron chi connectivity index (χ0n) is 16.6. The topological polar surface area (TPSA) is 88.9 Å². The molecule has 0 aliphatic carbocycles. The van der Waals surface area contributed by atoms with E-state index in [0.717, 1.165) is 16.8 Å². The lowest BCUT2D eigenvalue weighted by Crippen LogP contribution is -2.25. The number of benzene rings is 2. The molecule has 7 nitrogen and oxygen atoms in total. The molecule has 2 aromatic carbocycles. The van der Waals surface area contributed by atoms with Crippen molar-refractivity contribution < 1.29 is 9.59 Å². The largest absolute Gasteiger partial charge is 0.345 e. The molecule has 0 spiro atoms. The molecule has 1 heterocycles. The van der Waals surface area contributed by atoms with Crippen LogP contribution in [0.4, 0.5) is 5.69 Å². The van der Waals surface area contributed by atoms with E-state index in [1.54, 1.807) is 10.6 Å². The first kappa shape index (κ1) is 20.6. The van der Waals surface area contributed by atoms with Gasteiger partial charge in [-0.05, 0) is 43.2 Å². The quantitative estimate of drug-likeness (QED) is 0.586. The summed E-state index contributed by atoms with van der Waals surface area (Å²) in [4.78, 5) is 24.5. The fourth-order valence-electron chi connectivity index (χ4n) is 2.76. The van der Waals surface area contributed by atoms with Gasteiger partial charge in [0.25, 0.3) is 5.91 Å².